The first-order valence-electron chi connectivity index (χ1n) is 10.2. The van der Waals surface area contributed by atoms with Crippen molar-refractivity contribution in [1.29, 1.82) is 0 Å². The molecule has 0 aliphatic carbocycles. The first-order chi connectivity index (χ1) is 16.3. The second-order valence-electron chi connectivity index (χ2n) is 7.51. The molecule has 4 rings (SSSR count). The van der Waals surface area contributed by atoms with Crippen molar-refractivity contribution in [1.82, 2.24) is 5.43 Å². The maximum Gasteiger partial charge on any atom is 0.275 e. The Kier molecular flexibility index (Phi) is 6.82. The SMILES string of the molecule is C/C(=N/NC(=O)c1cc2ccccc2cc1O)c1cccc(NC(=O)c2ccc(Cl)cc2Cl)c1. The minimum atomic E-state index is -0.538. The standard InChI is InChI=1S/C26H19Cl2N3O3/c1-15(30-31-26(34)22-12-17-5-2-3-6-18(17)13-24(22)32)16-7-4-8-20(11-16)29-25(33)21-10-9-19(27)14-23(21)28/h2-14,32H,1H3,(H,29,33)(H,31,34)/b30-15-. The van der Waals surface area contributed by atoms with Crippen molar-refractivity contribution in [3.05, 3.63) is 106 Å². The second-order valence-corrected chi connectivity index (χ2v) is 8.36. The number of hydrazone groups is 1. The number of anilines is 1. The fourth-order valence-electron chi connectivity index (χ4n) is 3.36. The van der Waals surface area contributed by atoms with Gasteiger partial charge in [0.05, 0.1) is 21.9 Å². The molecule has 0 saturated heterocycles. The Balaban J connectivity index is 1.49. The number of phenolic OH excluding ortho intramolecular Hbond substituents is 1. The Morgan fingerprint density at radius 1 is 0.824 bits per heavy atom. The zero-order chi connectivity index (χ0) is 24.2. The van der Waals surface area contributed by atoms with Gasteiger partial charge in [-0.3, -0.25) is 9.59 Å². The molecule has 3 N–H and O–H groups in total. The molecule has 34 heavy (non-hydrogen) atoms. The summed E-state index contributed by atoms with van der Waals surface area (Å²) in [5.74, 6) is -1.05. The van der Waals surface area contributed by atoms with Crippen molar-refractivity contribution in [3.63, 3.8) is 0 Å². The average molecular weight is 492 g/mol. The Morgan fingerprint density at radius 2 is 1.56 bits per heavy atom. The molecule has 8 heteroatoms. The van der Waals surface area contributed by atoms with Crippen molar-refractivity contribution in [3.8, 4) is 5.75 Å². The molecule has 6 nitrogen and oxygen atoms in total. The molecule has 2 amide bonds. The number of rotatable bonds is 5. The number of carbonyl (C=O) groups is 2. The van der Waals surface area contributed by atoms with Crippen molar-refractivity contribution in [2.24, 2.45) is 5.10 Å². The predicted molar refractivity (Wildman–Crippen MR) is 136 cm³/mol. The quantitative estimate of drug-likeness (QED) is 0.227. The van der Waals surface area contributed by atoms with Gasteiger partial charge in [0.15, 0.2) is 0 Å². The summed E-state index contributed by atoms with van der Waals surface area (Å²) in [4.78, 5) is 25.2. The van der Waals surface area contributed by atoms with Gasteiger partial charge in [0.25, 0.3) is 11.8 Å². The van der Waals surface area contributed by atoms with Gasteiger partial charge < -0.3 is 10.4 Å². The van der Waals surface area contributed by atoms with Crippen molar-refractivity contribution in [2.45, 2.75) is 6.92 Å². The Bertz CT molecular complexity index is 1450. The highest BCUT2D eigenvalue weighted by molar-refractivity contribution is 6.37. The van der Waals surface area contributed by atoms with Gasteiger partial charge in [0.1, 0.15) is 5.75 Å². The van der Waals surface area contributed by atoms with Crippen molar-refractivity contribution >= 4 is 57.2 Å². The molecule has 0 spiro atoms. The zero-order valence-electron chi connectivity index (χ0n) is 18.0. The van der Waals surface area contributed by atoms with E-state index in [4.69, 9.17) is 23.2 Å². The third-order valence-electron chi connectivity index (χ3n) is 5.15. The lowest BCUT2D eigenvalue weighted by atomic mass is 10.1. The summed E-state index contributed by atoms with van der Waals surface area (Å²) < 4.78 is 0. The molecule has 0 aromatic heterocycles. The van der Waals surface area contributed by atoms with Crippen LogP contribution in [0.2, 0.25) is 10.0 Å². The van der Waals surface area contributed by atoms with Crippen LogP contribution < -0.4 is 10.7 Å². The summed E-state index contributed by atoms with van der Waals surface area (Å²) in [6.45, 7) is 1.72. The molecule has 0 saturated carbocycles. The fraction of sp³-hybridized carbons (Fsp3) is 0.0385. The topological polar surface area (TPSA) is 90.8 Å². The van der Waals surface area contributed by atoms with Gasteiger partial charge in [-0.15, -0.1) is 0 Å². The van der Waals surface area contributed by atoms with Gasteiger partial charge in [-0.25, -0.2) is 5.43 Å². The van der Waals surface area contributed by atoms with Crippen LogP contribution in [-0.4, -0.2) is 22.6 Å². The highest BCUT2D eigenvalue weighted by Crippen LogP contribution is 2.25. The molecule has 0 unspecified atom stereocenters. The molecule has 0 aliphatic rings. The van der Waals surface area contributed by atoms with Crippen LogP contribution in [0.1, 0.15) is 33.2 Å². The van der Waals surface area contributed by atoms with E-state index in [1.807, 2.05) is 24.3 Å². The number of nitrogens with zero attached hydrogens (tertiary/aromatic N) is 1. The summed E-state index contributed by atoms with van der Waals surface area (Å²) in [6, 6.07) is 22.2. The van der Waals surface area contributed by atoms with Gasteiger partial charge in [-0.05, 0) is 65.7 Å². The lowest BCUT2D eigenvalue weighted by Crippen LogP contribution is -2.19. The van der Waals surface area contributed by atoms with E-state index in [0.717, 1.165) is 10.8 Å². The largest absolute Gasteiger partial charge is 0.507 e. The van der Waals surface area contributed by atoms with Crippen LogP contribution in [0, 0.1) is 0 Å². The molecule has 0 atom stereocenters. The minimum Gasteiger partial charge on any atom is -0.507 e. The molecule has 0 aliphatic heterocycles. The molecule has 4 aromatic rings. The third kappa shape index (κ3) is 5.20. The monoisotopic (exact) mass is 491 g/mol. The molecular weight excluding hydrogens is 473 g/mol. The number of amides is 2. The molecule has 170 valence electrons. The summed E-state index contributed by atoms with van der Waals surface area (Å²) in [5.41, 5.74) is 4.61. The number of aromatic hydroxyl groups is 1. The van der Waals surface area contributed by atoms with E-state index >= 15 is 0 Å². The summed E-state index contributed by atoms with van der Waals surface area (Å²) in [7, 11) is 0. The number of fused-ring (bicyclic) bond motifs is 1. The van der Waals surface area contributed by atoms with Gasteiger partial charge in [-0.1, -0.05) is 59.6 Å². The number of carbonyl (C=O) groups excluding carboxylic acids is 2. The van der Waals surface area contributed by atoms with Crippen LogP contribution in [0.25, 0.3) is 10.8 Å². The normalized spacial score (nSPS) is 11.3. The second kappa shape index (κ2) is 9.95. The van der Waals surface area contributed by atoms with E-state index in [2.05, 4.69) is 15.8 Å². The maximum absolute atomic E-state index is 12.6. The molecule has 0 bridgehead atoms. The minimum absolute atomic E-state index is 0.121. The Hall–Kier alpha value is -3.87. The van der Waals surface area contributed by atoms with E-state index in [0.29, 0.717) is 27.5 Å². The van der Waals surface area contributed by atoms with Gasteiger partial charge >= 0.3 is 0 Å². The number of hydrogen-bond donors (Lipinski definition) is 3. The summed E-state index contributed by atoms with van der Waals surface area (Å²) >= 11 is 12.0. The molecule has 0 fully saturated rings. The summed E-state index contributed by atoms with van der Waals surface area (Å²) in [6.07, 6.45) is 0. The molecular formula is C26H19Cl2N3O3. The molecule has 0 radical (unpaired) electrons. The van der Waals surface area contributed by atoms with E-state index in [-0.39, 0.29) is 22.2 Å². The van der Waals surface area contributed by atoms with Crippen LogP contribution in [0.4, 0.5) is 5.69 Å². The Morgan fingerprint density at radius 3 is 2.29 bits per heavy atom. The predicted octanol–water partition coefficient (Wildman–Crippen LogP) is 6.26. The van der Waals surface area contributed by atoms with E-state index in [9.17, 15) is 14.7 Å². The number of halogens is 2. The van der Waals surface area contributed by atoms with E-state index in [1.165, 1.54) is 6.07 Å². The molecule has 4 aromatic carbocycles. The highest BCUT2D eigenvalue weighted by Gasteiger charge is 2.13. The van der Waals surface area contributed by atoms with Crippen molar-refractivity contribution < 1.29 is 14.7 Å². The number of nitrogens with one attached hydrogen (secondary N) is 2. The first-order valence-corrected chi connectivity index (χ1v) is 11.0. The van der Waals surface area contributed by atoms with Crippen LogP contribution in [0.5, 0.6) is 5.75 Å². The Labute approximate surface area is 205 Å². The third-order valence-corrected chi connectivity index (χ3v) is 5.70. The van der Waals surface area contributed by atoms with E-state index in [1.54, 1.807) is 55.5 Å². The first kappa shape index (κ1) is 23.3. The fourth-order valence-corrected chi connectivity index (χ4v) is 3.86. The van der Waals surface area contributed by atoms with Crippen LogP contribution in [0.3, 0.4) is 0 Å². The van der Waals surface area contributed by atoms with Crippen molar-refractivity contribution in [2.75, 3.05) is 5.32 Å². The van der Waals surface area contributed by atoms with E-state index < -0.39 is 5.91 Å². The smallest absolute Gasteiger partial charge is 0.275 e. The van der Waals surface area contributed by atoms with Crippen LogP contribution >= 0.6 is 23.2 Å². The average Bonchev–Trinajstić information content (AvgIpc) is 2.82. The number of benzene rings is 4. The summed E-state index contributed by atoms with van der Waals surface area (Å²) in [5, 5.41) is 19.5. The van der Waals surface area contributed by atoms with Crippen LogP contribution in [0.15, 0.2) is 84.0 Å². The maximum atomic E-state index is 12.6. The lowest BCUT2D eigenvalue weighted by Gasteiger charge is -2.09. The number of hydrogen-bond acceptors (Lipinski definition) is 4. The number of phenols is 1. The van der Waals surface area contributed by atoms with Gasteiger partial charge in [-0.2, -0.15) is 5.10 Å². The molecule has 0 heterocycles. The van der Waals surface area contributed by atoms with Gasteiger partial charge in [0.2, 0.25) is 0 Å². The van der Waals surface area contributed by atoms with Crippen LogP contribution in [-0.2, 0) is 0 Å². The lowest BCUT2D eigenvalue weighted by molar-refractivity contribution is 0.0951. The van der Waals surface area contributed by atoms with Gasteiger partial charge in [0, 0.05) is 10.7 Å². The zero-order valence-corrected chi connectivity index (χ0v) is 19.5. The highest BCUT2D eigenvalue weighted by atomic mass is 35.5.